The second-order valence-electron chi connectivity index (χ2n) is 28.1. The van der Waals surface area contributed by atoms with Gasteiger partial charge in [-0.25, -0.2) is 0 Å². The quantitative estimate of drug-likeness (QED) is 0.0755. The van der Waals surface area contributed by atoms with Crippen LogP contribution in [0.3, 0.4) is 0 Å². The van der Waals surface area contributed by atoms with E-state index >= 15 is 0 Å². The average molecular weight is 993 g/mol. The largest absolute Gasteiger partial charge is 0.339 e. The van der Waals surface area contributed by atoms with Crippen molar-refractivity contribution < 1.29 is 9.85 Å². The molecule has 8 nitrogen and oxygen atoms in total. The van der Waals surface area contributed by atoms with Crippen molar-refractivity contribution in [3.8, 4) is 0 Å². The van der Waals surface area contributed by atoms with Gasteiger partial charge in [-0.1, -0.05) is 0 Å². The molecule has 4 unspecified atom stereocenters. The van der Waals surface area contributed by atoms with Crippen LogP contribution in [0.5, 0.6) is 0 Å². The maximum Gasteiger partial charge on any atom is 0.269 e. The third-order valence-corrected chi connectivity index (χ3v) is 27.9. The van der Waals surface area contributed by atoms with Crippen LogP contribution < -0.4 is 9.80 Å². The summed E-state index contributed by atoms with van der Waals surface area (Å²) in [7, 11) is 0. The second-order valence-corrected chi connectivity index (χ2v) is 28.1. The molecule has 0 N–H and O–H groups in total. The molecule has 8 aliphatic rings. The highest BCUT2D eigenvalue weighted by molar-refractivity contribution is 6.81. The SMILES string of the molecule is O=[N+]([O-])c1ccc(N2C34c5c6c7c8c9c%10c%11c%12c%13c(c%14c%15c3c3c5c5c7c7c%16c8c8c%10c%10c%11c%11c%13c%13c%14c%14c%15c%15c3c3c5c7c5c7c3c%15c3c%14c%14c%13c%11c%11c%10c%10c8c%16c5c5c%10c%11c%14c3c75)C24C%122N(c3ccc([N+](=O)[O-])cc3)C692)cc1. The molecule has 8 heteroatoms. The van der Waals surface area contributed by atoms with E-state index in [1.807, 2.05) is 0 Å². The summed E-state index contributed by atoms with van der Waals surface area (Å²) in [6, 6.07) is 15.6. The summed E-state index contributed by atoms with van der Waals surface area (Å²) in [6.45, 7) is 0. The number of anilines is 2. The van der Waals surface area contributed by atoms with Gasteiger partial charge in [-0.2, -0.15) is 0 Å². The van der Waals surface area contributed by atoms with Crippen LogP contribution in [0.2, 0.25) is 0 Å². The van der Waals surface area contributed by atoms with Crippen molar-refractivity contribution in [2.75, 3.05) is 9.80 Å². The summed E-state index contributed by atoms with van der Waals surface area (Å²) in [6.07, 6.45) is 0. The van der Waals surface area contributed by atoms with Crippen LogP contribution in [0.25, 0.3) is 269 Å². The standard InChI is InChI=1S/C72H8N4O4/c77-75(78)11-5-1-9(2-6-11)73-69-63-54-47-39-30-22-15-13-14-16-18-17(15)24-28(22)41(47)49-43-32(24)33-25(18)29-23(16)31-27-20(14)21-19(13)26(30)35-37-34(21)38-36(27)46-40(31)48-42(29)50-44(33)53(43)62-65(58(49)54)71(69,73)72-66(62)59(50)55(48)64-57(46)61-52(38)51(37)60(56(63)45(35)39)67(69)68(61)70(64,72)74(72)10-3-7-12(8-4-10)76(79)80/h1-8H. The van der Waals surface area contributed by atoms with Crippen molar-refractivity contribution in [2.24, 2.45) is 0 Å². The van der Waals surface area contributed by atoms with Crippen molar-refractivity contribution in [3.63, 3.8) is 0 Å². The van der Waals surface area contributed by atoms with Gasteiger partial charge in [0.1, 0.15) is 22.2 Å². The summed E-state index contributed by atoms with van der Waals surface area (Å²) in [5.74, 6) is 0. The van der Waals surface area contributed by atoms with Crippen LogP contribution >= 0.6 is 0 Å². The summed E-state index contributed by atoms with van der Waals surface area (Å²) in [5, 5.41) is 102. The number of hydrogen-bond donors (Lipinski definition) is 0. The summed E-state index contributed by atoms with van der Waals surface area (Å²) < 4.78 is 0. The molecule has 2 heterocycles. The molecule has 0 aromatic heterocycles. The molecule has 2 aliphatic heterocycles. The molecular formula is C72H8N4O4. The minimum Gasteiger partial charge on any atom is -0.339 e. The zero-order valence-corrected chi connectivity index (χ0v) is 40.0. The maximum absolute atomic E-state index is 12.8. The Labute approximate surface area is 433 Å². The maximum atomic E-state index is 12.8. The first kappa shape index (κ1) is 30.5. The monoisotopic (exact) mass is 992 g/mol. The number of hydrogen-bond acceptors (Lipinski definition) is 6. The van der Waals surface area contributed by atoms with E-state index in [2.05, 4.69) is 34.1 Å². The molecule has 6 aliphatic carbocycles. The van der Waals surface area contributed by atoms with Crippen molar-refractivity contribution in [3.05, 3.63) is 102 Å². The lowest BCUT2D eigenvalue weighted by Gasteiger charge is -2.36. The molecule has 2 saturated heterocycles. The van der Waals surface area contributed by atoms with Gasteiger partial charge in [0.15, 0.2) is 0 Å². The van der Waals surface area contributed by atoms with E-state index in [0.29, 0.717) is 0 Å². The van der Waals surface area contributed by atoms with E-state index in [4.69, 9.17) is 0 Å². The summed E-state index contributed by atoms with van der Waals surface area (Å²) >= 11 is 0. The Balaban J connectivity index is 1.05. The molecule has 4 spiro atoms. The predicted molar refractivity (Wildman–Crippen MR) is 320 cm³/mol. The fourth-order valence-corrected chi connectivity index (χ4v) is 27.8. The fraction of sp³-hybridized carbons (Fsp3) is 0.0556. The molecule has 28 aromatic carbocycles. The van der Waals surface area contributed by atoms with Crippen molar-refractivity contribution >= 4 is 292 Å². The molecular weight excluding hydrogens is 985 g/mol. The second kappa shape index (κ2) is 6.86. The van der Waals surface area contributed by atoms with Crippen molar-refractivity contribution in [1.82, 2.24) is 0 Å². The van der Waals surface area contributed by atoms with E-state index < -0.39 is 22.2 Å². The fourth-order valence-electron chi connectivity index (χ4n) is 27.8. The summed E-state index contributed by atoms with van der Waals surface area (Å²) in [4.78, 5) is 30.9. The molecule has 2 fully saturated rings. The molecule has 0 amide bonds. The molecule has 80 heavy (non-hydrogen) atoms. The Morgan fingerprint density at radius 2 is 0.400 bits per heavy atom. The molecule has 0 radical (unpaired) electrons. The number of nitrogens with zero attached hydrogens (tertiary/aromatic N) is 4. The van der Waals surface area contributed by atoms with Crippen LogP contribution in [0.4, 0.5) is 22.7 Å². The average Bonchev–Trinajstić information content (AvgIpc) is 1.50. The van der Waals surface area contributed by atoms with E-state index in [9.17, 15) is 20.2 Å². The third kappa shape index (κ3) is 1.60. The first-order valence-electron chi connectivity index (χ1n) is 28.7. The van der Waals surface area contributed by atoms with E-state index in [1.165, 1.54) is 200 Å². The Bertz CT molecular complexity index is 7770. The number of rotatable bonds is 4. The van der Waals surface area contributed by atoms with Crippen LogP contribution in [0.1, 0.15) is 33.4 Å². The van der Waals surface area contributed by atoms with Gasteiger partial charge in [0.05, 0.1) is 9.85 Å². The molecule has 0 bridgehead atoms. The van der Waals surface area contributed by atoms with Crippen LogP contribution in [-0.2, 0) is 22.2 Å². The first-order valence-corrected chi connectivity index (χ1v) is 28.7. The molecule has 36 rings (SSSR count). The van der Waals surface area contributed by atoms with E-state index in [-0.39, 0.29) is 21.2 Å². The first-order chi connectivity index (χ1) is 39.5. The third-order valence-electron chi connectivity index (χ3n) is 27.9. The van der Waals surface area contributed by atoms with Gasteiger partial charge in [0, 0.05) is 69.0 Å². The van der Waals surface area contributed by atoms with Crippen LogP contribution in [-0.4, -0.2) is 9.85 Å². The van der Waals surface area contributed by atoms with Crippen molar-refractivity contribution in [1.29, 1.82) is 0 Å². The Morgan fingerprint density at radius 1 is 0.225 bits per heavy atom. The number of nitro benzene ring substituents is 2. The minimum absolute atomic E-state index is 0.108. The van der Waals surface area contributed by atoms with Crippen LogP contribution in [0, 0.1) is 20.2 Å². The lowest BCUT2D eigenvalue weighted by molar-refractivity contribution is -0.385. The normalized spacial score (nSPS) is 25.4. The highest BCUT2D eigenvalue weighted by atomic mass is 16.6. The smallest absolute Gasteiger partial charge is 0.269 e. The topological polar surface area (TPSA) is 92.3 Å². The molecule has 340 valence electrons. The van der Waals surface area contributed by atoms with Gasteiger partial charge in [0.25, 0.3) is 11.4 Å². The lowest BCUT2D eigenvalue weighted by atomic mass is 9.58. The van der Waals surface area contributed by atoms with Crippen LogP contribution in [0.15, 0.2) is 48.5 Å². The van der Waals surface area contributed by atoms with E-state index in [1.54, 1.807) is 127 Å². The summed E-state index contributed by atoms with van der Waals surface area (Å²) in [5.41, 5.74) is 8.60. The Hall–Kier alpha value is -10.4. The van der Waals surface area contributed by atoms with Gasteiger partial charge < -0.3 is 9.80 Å². The zero-order chi connectivity index (χ0) is 48.6. The van der Waals surface area contributed by atoms with Gasteiger partial charge in [-0.3, -0.25) is 20.2 Å². The van der Waals surface area contributed by atoms with E-state index in [0.717, 1.165) is 11.4 Å². The zero-order valence-electron chi connectivity index (χ0n) is 40.0. The van der Waals surface area contributed by atoms with Gasteiger partial charge in [0.2, 0.25) is 0 Å². The van der Waals surface area contributed by atoms with Gasteiger partial charge in [-0.05, 0) is 294 Å². The number of non-ortho nitro benzene ring substituents is 2. The highest BCUT2D eigenvalue weighted by Gasteiger charge is 3.05. The predicted octanol–water partition coefficient (Wildman–Crippen LogP) is 17.9. The van der Waals surface area contributed by atoms with Gasteiger partial charge >= 0.3 is 0 Å². The molecule has 0 saturated carbocycles. The lowest BCUT2D eigenvalue weighted by Crippen LogP contribution is -2.44. The van der Waals surface area contributed by atoms with Gasteiger partial charge in [-0.15, -0.1) is 0 Å². The highest BCUT2D eigenvalue weighted by Crippen LogP contribution is 3.01. The minimum atomic E-state index is -0.700. The Morgan fingerprint density at radius 3 is 0.613 bits per heavy atom. The molecule has 4 atom stereocenters. The molecule has 28 aromatic rings. The number of benzene rings is 19. The Kier molecular flexibility index (Phi) is 2.61. The number of nitro groups is 2. The van der Waals surface area contributed by atoms with Crippen molar-refractivity contribution in [2.45, 2.75) is 22.2 Å².